The van der Waals surface area contributed by atoms with E-state index < -0.39 is 0 Å². The topological polar surface area (TPSA) is 0 Å². The van der Waals surface area contributed by atoms with Crippen LogP contribution >= 0.6 is 23.5 Å². The van der Waals surface area contributed by atoms with Crippen molar-refractivity contribution >= 4 is 23.5 Å². The van der Waals surface area contributed by atoms with E-state index in [0.29, 0.717) is 0 Å². The molecule has 0 N–H and O–H groups in total. The van der Waals surface area contributed by atoms with Gasteiger partial charge in [0.2, 0.25) is 0 Å². The fourth-order valence-corrected chi connectivity index (χ4v) is 1.77. The van der Waals surface area contributed by atoms with E-state index in [4.69, 9.17) is 0 Å². The van der Waals surface area contributed by atoms with Crippen LogP contribution in [0.2, 0.25) is 0 Å². The second kappa shape index (κ2) is 4.11. The van der Waals surface area contributed by atoms with Crippen molar-refractivity contribution in [2.24, 2.45) is 0 Å². The summed E-state index contributed by atoms with van der Waals surface area (Å²) in [7, 11) is 0. The molecule has 0 aromatic carbocycles. The molecule has 1 rings (SSSR count). The largest absolute Gasteiger partial charge is 0.122 e. The third-order valence-corrected chi connectivity index (χ3v) is 2.30. The average molecular weight is 163 g/mol. The van der Waals surface area contributed by atoms with Gasteiger partial charge in [0.05, 0.1) is 0 Å². The smallest absolute Gasteiger partial charge is 0.0475 e. The predicted molar refractivity (Wildman–Crippen MR) is 29.2 cm³/mol. The van der Waals surface area contributed by atoms with Crippen molar-refractivity contribution in [1.29, 1.82) is 0 Å². The van der Waals surface area contributed by atoms with Gasteiger partial charge in [-0.3, -0.25) is 0 Å². The van der Waals surface area contributed by atoms with Crippen LogP contribution < -0.4 is 0 Å². The van der Waals surface area contributed by atoms with Gasteiger partial charge in [-0.1, -0.05) is 0 Å². The first-order chi connectivity index (χ1) is 2.50. The maximum atomic E-state index is 2.12. The van der Waals surface area contributed by atoms with E-state index in [0.717, 1.165) is 0 Å². The molecule has 6 heavy (non-hydrogen) atoms. The molecule has 0 bridgehead atoms. The van der Waals surface area contributed by atoms with Gasteiger partial charge in [0.15, 0.2) is 0 Å². The Bertz CT molecular complexity index is 46.8. The Kier molecular flexibility index (Phi) is 4.76. The summed E-state index contributed by atoms with van der Waals surface area (Å²) in [5.74, 6) is 0. The van der Waals surface area contributed by atoms with E-state index in [9.17, 15) is 0 Å². The molecule has 0 amide bonds. The van der Waals surface area contributed by atoms with Crippen molar-refractivity contribution in [2.75, 3.05) is 5.08 Å². The third kappa shape index (κ3) is 2.18. The van der Waals surface area contributed by atoms with E-state index in [2.05, 4.69) is 10.8 Å². The van der Waals surface area contributed by atoms with Crippen molar-refractivity contribution < 1.29 is 16.8 Å². The molecule has 0 unspecified atom stereocenters. The van der Waals surface area contributed by atoms with Gasteiger partial charge in [-0.25, -0.2) is 0 Å². The molecular weight excluding hydrogens is 159 g/mol. The van der Waals surface area contributed by atoms with Crippen LogP contribution in [0, 0.1) is 0 Å². The van der Waals surface area contributed by atoms with Crippen LogP contribution in [0.25, 0.3) is 0 Å². The zero-order valence-electron chi connectivity index (χ0n) is 3.01. The average Bonchev–Trinajstić information content (AvgIpc) is 1.76. The summed E-state index contributed by atoms with van der Waals surface area (Å²) in [6.45, 7) is 0. The first kappa shape index (κ1) is 6.95. The summed E-state index contributed by atoms with van der Waals surface area (Å²) in [5, 5.41) is 5.45. The number of thioether (sulfide) groups is 2. The number of rotatable bonds is 0. The first-order valence-electron chi connectivity index (χ1n) is 1.38. The molecule has 1 aliphatic heterocycles. The fraction of sp³-hybridized carbons (Fsp3) is 0.333. The third-order valence-electron chi connectivity index (χ3n) is 0.384. The zero-order chi connectivity index (χ0) is 3.54. The number of hydrogen-bond acceptors (Lipinski definition) is 2. The molecular formula is C3H4CoS2. The summed E-state index contributed by atoms with van der Waals surface area (Å²) in [6, 6.07) is 0. The molecule has 0 aromatic heterocycles. The van der Waals surface area contributed by atoms with Gasteiger partial charge in [-0.05, 0) is 10.8 Å². The Morgan fingerprint density at radius 2 is 1.67 bits per heavy atom. The molecule has 0 saturated carbocycles. The fourth-order valence-electron chi connectivity index (χ4n) is 0.196. The first-order valence-corrected chi connectivity index (χ1v) is 3.48. The molecule has 0 fully saturated rings. The van der Waals surface area contributed by atoms with Gasteiger partial charge in [0.1, 0.15) is 0 Å². The van der Waals surface area contributed by atoms with E-state index in [1.54, 1.807) is 0 Å². The maximum absolute atomic E-state index is 2.12. The van der Waals surface area contributed by atoms with Crippen LogP contribution in [0.4, 0.5) is 0 Å². The summed E-state index contributed by atoms with van der Waals surface area (Å²) in [5.41, 5.74) is 0. The van der Waals surface area contributed by atoms with Crippen LogP contribution in [-0.4, -0.2) is 5.08 Å². The molecule has 37 valence electrons. The monoisotopic (exact) mass is 163 g/mol. The van der Waals surface area contributed by atoms with Gasteiger partial charge in [-0.15, -0.1) is 23.5 Å². The normalized spacial score (nSPS) is 17.3. The van der Waals surface area contributed by atoms with Crippen molar-refractivity contribution in [3.05, 3.63) is 10.8 Å². The molecule has 1 aliphatic rings. The van der Waals surface area contributed by atoms with Crippen LogP contribution in [0.1, 0.15) is 0 Å². The molecule has 0 aliphatic carbocycles. The molecule has 0 nitrogen and oxygen atoms in total. The molecule has 1 radical (unpaired) electrons. The van der Waals surface area contributed by atoms with Crippen molar-refractivity contribution in [3.8, 4) is 0 Å². The second-order valence-electron chi connectivity index (χ2n) is 0.723. The molecule has 0 saturated heterocycles. The summed E-state index contributed by atoms with van der Waals surface area (Å²) in [6.07, 6.45) is 0. The quantitative estimate of drug-likeness (QED) is 0.534. The Balaban J connectivity index is 0.000000250. The van der Waals surface area contributed by atoms with Crippen LogP contribution in [0.15, 0.2) is 10.8 Å². The Labute approximate surface area is 56.3 Å². The van der Waals surface area contributed by atoms with Gasteiger partial charge >= 0.3 is 0 Å². The minimum Gasteiger partial charge on any atom is -0.122 e. The maximum Gasteiger partial charge on any atom is 0.0475 e. The van der Waals surface area contributed by atoms with Gasteiger partial charge in [-0.2, -0.15) is 0 Å². The summed E-state index contributed by atoms with van der Waals surface area (Å²) in [4.78, 5) is 0. The van der Waals surface area contributed by atoms with Crippen molar-refractivity contribution in [2.45, 2.75) is 0 Å². The summed E-state index contributed by atoms with van der Waals surface area (Å²) >= 11 is 3.71. The van der Waals surface area contributed by atoms with Crippen LogP contribution in [0.5, 0.6) is 0 Å². The van der Waals surface area contributed by atoms with Crippen LogP contribution in [-0.2, 0) is 16.8 Å². The molecule has 1 heterocycles. The minimum atomic E-state index is 0. The Morgan fingerprint density at radius 1 is 1.17 bits per heavy atom. The van der Waals surface area contributed by atoms with E-state index >= 15 is 0 Å². The van der Waals surface area contributed by atoms with Gasteiger partial charge in [0, 0.05) is 21.9 Å². The van der Waals surface area contributed by atoms with E-state index in [1.807, 2.05) is 23.5 Å². The van der Waals surface area contributed by atoms with Crippen molar-refractivity contribution in [3.63, 3.8) is 0 Å². The standard InChI is InChI=1S/C3H4S2.Co/c1-2-5-3-4-1;/h1-2H,3H2;. The Morgan fingerprint density at radius 3 is 1.83 bits per heavy atom. The number of hydrogen-bond donors (Lipinski definition) is 0. The molecule has 0 spiro atoms. The predicted octanol–water partition coefficient (Wildman–Crippen LogP) is 1.89. The van der Waals surface area contributed by atoms with Gasteiger partial charge < -0.3 is 0 Å². The molecule has 0 atom stereocenters. The SMILES string of the molecule is C1=CSCS1.[Co]. The van der Waals surface area contributed by atoms with Gasteiger partial charge in [0.25, 0.3) is 0 Å². The van der Waals surface area contributed by atoms with E-state index in [1.165, 1.54) is 5.08 Å². The molecule has 3 heteroatoms. The van der Waals surface area contributed by atoms with E-state index in [-0.39, 0.29) is 16.8 Å². The van der Waals surface area contributed by atoms with Crippen LogP contribution in [0.3, 0.4) is 0 Å². The second-order valence-corrected chi connectivity index (χ2v) is 2.88. The zero-order valence-corrected chi connectivity index (χ0v) is 5.69. The summed E-state index contributed by atoms with van der Waals surface area (Å²) < 4.78 is 0. The van der Waals surface area contributed by atoms with Crippen molar-refractivity contribution in [1.82, 2.24) is 0 Å². The minimum absolute atomic E-state index is 0. The molecule has 0 aromatic rings. The Hall–Kier alpha value is 0.946.